The van der Waals surface area contributed by atoms with Crippen LogP contribution in [0.3, 0.4) is 0 Å². The molecule has 0 saturated carbocycles. The Morgan fingerprint density at radius 1 is 0.957 bits per heavy atom. The quantitative estimate of drug-likeness (QED) is 0.504. The van der Waals surface area contributed by atoms with Gasteiger partial charge in [0.1, 0.15) is 0 Å². The molecule has 0 aliphatic carbocycles. The lowest BCUT2D eigenvalue weighted by atomic mass is 10.1. The molecule has 0 spiro atoms. The minimum atomic E-state index is -0.601. The molecule has 0 aliphatic rings. The third kappa shape index (κ3) is 4.69. The van der Waals surface area contributed by atoms with Crippen molar-refractivity contribution in [3.8, 4) is 0 Å². The zero-order valence-electron chi connectivity index (χ0n) is 12.4. The Kier molecular flexibility index (Phi) is 5.49. The highest BCUT2D eigenvalue weighted by Gasteiger charge is 2.07. The van der Waals surface area contributed by atoms with Crippen molar-refractivity contribution in [1.82, 2.24) is 16.1 Å². The van der Waals surface area contributed by atoms with Gasteiger partial charge < -0.3 is 10.6 Å². The van der Waals surface area contributed by atoms with Crippen LogP contribution in [-0.4, -0.2) is 17.1 Å². The van der Waals surface area contributed by atoms with Crippen molar-refractivity contribution in [2.45, 2.75) is 6.54 Å². The van der Waals surface area contributed by atoms with Crippen LogP contribution in [-0.2, 0) is 6.54 Å². The van der Waals surface area contributed by atoms with Crippen LogP contribution in [0.5, 0.6) is 0 Å². The van der Waals surface area contributed by atoms with Crippen molar-refractivity contribution < 1.29 is 14.8 Å². The van der Waals surface area contributed by atoms with Gasteiger partial charge in [-0.1, -0.05) is 49.0 Å². The Hall–Kier alpha value is -3.12. The molecule has 2 rings (SSSR count). The molecule has 23 heavy (non-hydrogen) atoms. The maximum absolute atomic E-state index is 11.8. The molecule has 0 saturated heterocycles. The number of hydrogen-bond donors (Lipinski definition) is 4. The summed E-state index contributed by atoms with van der Waals surface area (Å²) in [6, 6.07) is 15.5. The smallest absolute Gasteiger partial charge is 0.319 e. The van der Waals surface area contributed by atoms with E-state index in [-0.39, 0.29) is 6.03 Å². The van der Waals surface area contributed by atoms with Gasteiger partial charge in [-0.05, 0) is 23.3 Å². The number of hydrogen-bond acceptors (Lipinski definition) is 3. The predicted octanol–water partition coefficient (Wildman–Crippen LogP) is 2.28. The Morgan fingerprint density at radius 3 is 2.17 bits per heavy atom. The minimum Gasteiger partial charge on any atom is -0.334 e. The summed E-state index contributed by atoms with van der Waals surface area (Å²) in [5.41, 5.74) is 3.92. The molecule has 0 atom stereocenters. The number of nitrogens with one attached hydrogen (secondary N) is 3. The summed E-state index contributed by atoms with van der Waals surface area (Å²) in [4.78, 5) is 23.1. The van der Waals surface area contributed by atoms with E-state index in [1.165, 1.54) is 12.1 Å². The molecule has 2 aromatic carbocycles. The molecule has 6 nitrogen and oxygen atoms in total. The fraction of sp³-hybridized carbons (Fsp3) is 0.0588. The van der Waals surface area contributed by atoms with E-state index in [1.807, 2.05) is 30.3 Å². The first-order valence-corrected chi connectivity index (χ1v) is 6.92. The maximum atomic E-state index is 11.8. The van der Waals surface area contributed by atoms with E-state index in [2.05, 4.69) is 17.2 Å². The second-order valence-corrected chi connectivity index (χ2v) is 4.79. The van der Waals surface area contributed by atoms with Crippen molar-refractivity contribution in [2.75, 3.05) is 0 Å². The van der Waals surface area contributed by atoms with Crippen molar-refractivity contribution in [3.05, 3.63) is 77.9 Å². The van der Waals surface area contributed by atoms with E-state index in [4.69, 9.17) is 5.21 Å². The molecule has 0 fully saturated rings. The number of urea groups is 1. The average Bonchev–Trinajstić information content (AvgIpc) is 2.60. The van der Waals surface area contributed by atoms with Crippen LogP contribution >= 0.6 is 0 Å². The fourth-order valence-electron chi connectivity index (χ4n) is 1.92. The molecule has 0 bridgehead atoms. The molecule has 0 aromatic heterocycles. The lowest BCUT2D eigenvalue weighted by Gasteiger charge is -2.10. The van der Waals surface area contributed by atoms with Gasteiger partial charge in [0.2, 0.25) is 0 Å². The first kappa shape index (κ1) is 16.3. The molecule has 4 N–H and O–H groups in total. The van der Waals surface area contributed by atoms with Crippen molar-refractivity contribution >= 4 is 17.6 Å². The second kappa shape index (κ2) is 7.77. The Labute approximate surface area is 133 Å². The zero-order chi connectivity index (χ0) is 16.7. The lowest BCUT2D eigenvalue weighted by Crippen LogP contribution is -2.33. The zero-order valence-corrected chi connectivity index (χ0v) is 12.4. The second-order valence-electron chi connectivity index (χ2n) is 4.79. The normalized spacial score (nSPS) is 9.78. The van der Waals surface area contributed by atoms with Crippen LogP contribution in [0.4, 0.5) is 4.79 Å². The Balaban J connectivity index is 1.88. The number of carbonyl (C=O) groups excluding carboxylic acids is 2. The summed E-state index contributed by atoms with van der Waals surface area (Å²) >= 11 is 0. The number of benzene rings is 2. The Morgan fingerprint density at radius 2 is 1.57 bits per heavy atom. The highest BCUT2D eigenvalue weighted by Crippen LogP contribution is 2.11. The number of carbonyl (C=O) groups is 2. The van der Waals surface area contributed by atoms with Gasteiger partial charge in [-0.3, -0.25) is 10.0 Å². The van der Waals surface area contributed by atoms with Gasteiger partial charge in [-0.15, -0.1) is 0 Å². The van der Waals surface area contributed by atoms with Gasteiger partial charge >= 0.3 is 6.03 Å². The monoisotopic (exact) mass is 311 g/mol. The van der Waals surface area contributed by atoms with E-state index in [9.17, 15) is 9.59 Å². The van der Waals surface area contributed by atoms with E-state index >= 15 is 0 Å². The van der Waals surface area contributed by atoms with Crippen LogP contribution in [0.1, 0.15) is 21.5 Å². The molecule has 0 heterocycles. The van der Waals surface area contributed by atoms with E-state index < -0.39 is 5.91 Å². The van der Waals surface area contributed by atoms with Crippen LogP contribution in [0.15, 0.2) is 61.2 Å². The van der Waals surface area contributed by atoms with Crippen LogP contribution in [0.2, 0.25) is 0 Å². The highest BCUT2D eigenvalue weighted by molar-refractivity contribution is 5.93. The molecule has 0 aliphatic heterocycles. The SMILES string of the molecule is C=C(NC(=O)NCc1ccccc1)c1ccc(C(=O)NO)cc1. The van der Waals surface area contributed by atoms with Gasteiger partial charge in [0, 0.05) is 17.8 Å². The summed E-state index contributed by atoms with van der Waals surface area (Å²) in [6.45, 7) is 4.20. The standard InChI is InChI=1S/C17H17N3O3/c1-12(14-7-9-15(10-8-14)16(21)20-23)19-17(22)18-11-13-5-3-2-4-6-13/h2-10,23H,1,11H2,(H,20,21)(H2,18,19,22). The third-order valence-corrected chi connectivity index (χ3v) is 3.16. The van der Waals surface area contributed by atoms with Crippen molar-refractivity contribution in [1.29, 1.82) is 0 Å². The van der Waals surface area contributed by atoms with Gasteiger partial charge in [-0.2, -0.15) is 0 Å². The summed E-state index contributed by atoms with van der Waals surface area (Å²) in [5, 5.41) is 13.9. The Bertz CT molecular complexity index is 697. The van der Waals surface area contributed by atoms with Crippen LogP contribution in [0, 0.1) is 0 Å². The first-order valence-electron chi connectivity index (χ1n) is 6.92. The molecular formula is C17H17N3O3. The van der Waals surface area contributed by atoms with Crippen LogP contribution < -0.4 is 16.1 Å². The number of hydroxylamine groups is 1. The number of amides is 3. The lowest BCUT2D eigenvalue weighted by molar-refractivity contribution is 0.0706. The van der Waals surface area contributed by atoms with Gasteiger partial charge in [0.25, 0.3) is 5.91 Å². The molecular weight excluding hydrogens is 294 g/mol. The van der Waals surface area contributed by atoms with Crippen LogP contribution in [0.25, 0.3) is 5.70 Å². The minimum absolute atomic E-state index is 0.303. The van der Waals surface area contributed by atoms with E-state index in [0.29, 0.717) is 23.4 Å². The summed E-state index contributed by atoms with van der Waals surface area (Å²) in [5.74, 6) is -0.601. The average molecular weight is 311 g/mol. The third-order valence-electron chi connectivity index (χ3n) is 3.16. The largest absolute Gasteiger partial charge is 0.334 e. The van der Waals surface area contributed by atoms with E-state index in [0.717, 1.165) is 5.56 Å². The molecule has 2 aromatic rings. The molecule has 6 heteroatoms. The molecule has 3 amide bonds. The first-order chi connectivity index (χ1) is 11.1. The summed E-state index contributed by atoms with van der Waals surface area (Å²) in [6.07, 6.45) is 0. The predicted molar refractivity (Wildman–Crippen MR) is 86.5 cm³/mol. The van der Waals surface area contributed by atoms with Crippen molar-refractivity contribution in [3.63, 3.8) is 0 Å². The fourth-order valence-corrected chi connectivity index (χ4v) is 1.92. The van der Waals surface area contributed by atoms with Gasteiger partial charge in [0.15, 0.2) is 0 Å². The van der Waals surface area contributed by atoms with Gasteiger partial charge in [0.05, 0.1) is 0 Å². The maximum Gasteiger partial charge on any atom is 0.319 e. The summed E-state index contributed by atoms with van der Waals surface area (Å²) in [7, 11) is 0. The van der Waals surface area contributed by atoms with E-state index in [1.54, 1.807) is 17.6 Å². The topological polar surface area (TPSA) is 90.5 Å². The molecule has 118 valence electrons. The number of rotatable bonds is 5. The molecule has 0 radical (unpaired) electrons. The summed E-state index contributed by atoms with van der Waals surface area (Å²) < 4.78 is 0. The molecule has 0 unspecified atom stereocenters. The van der Waals surface area contributed by atoms with Crippen molar-refractivity contribution in [2.24, 2.45) is 0 Å². The van der Waals surface area contributed by atoms with Gasteiger partial charge in [-0.25, -0.2) is 10.3 Å². The highest BCUT2D eigenvalue weighted by atomic mass is 16.5.